The summed E-state index contributed by atoms with van der Waals surface area (Å²) in [4.78, 5) is 25.2. The lowest BCUT2D eigenvalue weighted by Crippen LogP contribution is -2.26. The highest BCUT2D eigenvalue weighted by Crippen LogP contribution is 2.32. The van der Waals surface area contributed by atoms with E-state index < -0.39 is 11.7 Å². The number of hydrogen-bond acceptors (Lipinski definition) is 6. The molecule has 0 unspecified atom stereocenters. The molecule has 0 saturated heterocycles. The largest absolute Gasteiger partial charge is 0.457 e. The Labute approximate surface area is 221 Å². The molecule has 12 heteroatoms. The van der Waals surface area contributed by atoms with Gasteiger partial charge in [0.15, 0.2) is 0 Å². The monoisotopic (exact) mass is 535 g/mol. The number of ether oxygens (including phenoxy) is 1. The van der Waals surface area contributed by atoms with Gasteiger partial charge in [0.2, 0.25) is 5.95 Å². The summed E-state index contributed by atoms with van der Waals surface area (Å²) in [6, 6.07) is 13.4. The quantitative estimate of drug-likeness (QED) is 0.241. The van der Waals surface area contributed by atoms with E-state index in [2.05, 4.69) is 25.6 Å². The fourth-order valence-corrected chi connectivity index (χ4v) is 3.97. The van der Waals surface area contributed by atoms with Gasteiger partial charge in [-0.15, -0.1) is 0 Å². The number of benzene rings is 2. The second-order valence-corrected chi connectivity index (χ2v) is 8.74. The number of carbonyl (C=O) groups excluding carboxylic acids is 1. The molecule has 1 amide bonds. The summed E-state index contributed by atoms with van der Waals surface area (Å²) in [5, 5.41) is 5.79. The van der Waals surface area contributed by atoms with Crippen molar-refractivity contribution in [2.75, 3.05) is 11.9 Å². The Morgan fingerprint density at radius 3 is 2.69 bits per heavy atom. The molecule has 0 saturated carbocycles. The van der Waals surface area contributed by atoms with Crippen molar-refractivity contribution in [2.24, 2.45) is 7.05 Å². The van der Waals surface area contributed by atoms with Crippen LogP contribution in [-0.4, -0.2) is 36.5 Å². The van der Waals surface area contributed by atoms with Crippen LogP contribution >= 0.6 is 0 Å². The second-order valence-electron chi connectivity index (χ2n) is 8.74. The molecule has 5 aromatic rings. The van der Waals surface area contributed by atoms with Gasteiger partial charge in [0, 0.05) is 56.5 Å². The number of imidazole rings is 2. The molecule has 3 heterocycles. The number of hydrogen-bond donors (Lipinski definition) is 2. The topological polar surface area (TPSA) is 98.9 Å². The van der Waals surface area contributed by atoms with Crippen LogP contribution < -0.4 is 15.4 Å². The van der Waals surface area contributed by atoms with Crippen LogP contribution in [0.25, 0.3) is 11.0 Å². The molecule has 2 aromatic carbocycles. The van der Waals surface area contributed by atoms with Crippen LogP contribution in [0.2, 0.25) is 0 Å². The minimum atomic E-state index is -4.44. The number of fused-ring (bicyclic) bond motifs is 1. The van der Waals surface area contributed by atoms with Gasteiger partial charge in [-0.05, 0) is 42.8 Å². The number of anilines is 2. The molecule has 200 valence electrons. The van der Waals surface area contributed by atoms with Crippen molar-refractivity contribution >= 4 is 28.6 Å². The Kier molecular flexibility index (Phi) is 7.17. The number of carbonyl (C=O) groups is 1. The molecule has 9 nitrogen and oxygen atoms in total. The minimum Gasteiger partial charge on any atom is -0.457 e. The van der Waals surface area contributed by atoms with Gasteiger partial charge >= 0.3 is 6.18 Å². The third-order valence-electron chi connectivity index (χ3n) is 5.94. The van der Waals surface area contributed by atoms with Gasteiger partial charge in [-0.2, -0.15) is 13.2 Å². The maximum Gasteiger partial charge on any atom is 0.416 e. The van der Waals surface area contributed by atoms with Crippen LogP contribution in [0.5, 0.6) is 11.5 Å². The Bertz CT molecular complexity index is 1600. The van der Waals surface area contributed by atoms with Crippen molar-refractivity contribution in [3.63, 3.8) is 0 Å². The van der Waals surface area contributed by atoms with E-state index in [-0.39, 0.29) is 17.3 Å². The molecule has 0 bridgehead atoms. The standard InChI is InChI=1S/C27H24F3N7O2/c1-36-24-7-6-20(15-22(24)35-26(36)34-19-5-2-4-18(14-19)27(28,29)30)39-21-8-10-32-23(16-21)25(38)33-9-3-12-37-13-11-31-17-37/h2,4-8,10-11,13-17H,3,9,12H2,1H3,(H,33,38)(H,34,35). The lowest BCUT2D eigenvalue weighted by atomic mass is 10.2. The van der Waals surface area contributed by atoms with Crippen molar-refractivity contribution < 1.29 is 22.7 Å². The van der Waals surface area contributed by atoms with Crippen molar-refractivity contribution in [1.82, 2.24) is 29.4 Å². The third-order valence-corrected chi connectivity index (χ3v) is 5.94. The van der Waals surface area contributed by atoms with Gasteiger partial charge in [-0.1, -0.05) is 6.07 Å². The highest BCUT2D eigenvalue weighted by Gasteiger charge is 2.30. The summed E-state index contributed by atoms with van der Waals surface area (Å²) in [6.45, 7) is 1.22. The van der Waals surface area contributed by atoms with Crippen LogP contribution in [0, 0.1) is 0 Å². The van der Waals surface area contributed by atoms with Crippen molar-refractivity contribution in [3.8, 4) is 11.5 Å². The number of aromatic nitrogens is 5. The number of nitrogens with one attached hydrogen (secondary N) is 2. The lowest BCUT2D eigenvalue weighted by molar-refractivity contribution is -0.137. The summed E-state index contributed by atoms with van der Waals surface area (Å²) in [5.74, 6) is 0.962. The molecule has 0 aliphatic rings. The van der Waals surface area contributed by atoms with Gasteiger partial charge in [0.1, 0.15) is 17.2 Å². The maximum atomic E-state index is 13.1. The highest BCUT2D eigenvalue weighted by atomic mass is 19.4. The Balaban J connectivity index is 1.25. The van der Waals surface area contributed by atoms with Gasteiger partial charge in [0.05, 0.1) is 22.9 Å². The van der Waals surface area contributed by atoms with E-state index in [9.17, 15) is 18.0 Å². The van der Waals surface area contributed by atoms with Crippen LogP contribution in [0.15, 0.2) is 79.5 Å². The molecule has 39 heavy (non-hydrogen) atoms. The fourth-order valence-electron chi connectivity index (χ4n) is 3.97. The van der Waals surface area contributed by atoms with Crippen molar-refractivity contribution in [1.29, 1.82) is 0 Å². The van der Waals surface area contributed by atoms with Gasteiger partial charge < -0.3 is 24.5 Å². The van der Waals surface area contributed by atoms with E-state index in [4.69, 9.17) is 4.74 Å². The van der Waals surface area contributed by atoms with E-state index >= 15 is 0 Å². The summed E-state index contributed by atoms with van der Waals surface area (Å²) in [7, 11) is 1.76. The molecular weight excluding hydrogens is 511 g/mol. The predicted molar refractivity (Wildman–Crippen MR) is 139 cm³/mol. The summed E-state index contributed by atoms with van der Waals surface area (Å²) >= 11 is 0. The van der Waals surface area contributed by atoms with Crippen LogP contribution in [0.3, 0.4) is 0 Å². The number of rotatable bonds is 9. The van der Waals surface area contributed by atoms with Crippen LogP contribution in [0.4, 0.5) is 24.8 Å². The first-order chi connectivity index (χ1) is 18.8. The van der Waals surface area contributed by atoms with E-state index in [0.29, 0.717) is 29.5 Å². The summed E-state index contributed by atoms with van der Waals surface area (Å²) < 4.78 is 48.8. The number of aryl methyl sites for hydroxylation is 2. The Morgan fingerprint density at radius 2 is 1.90 bits per heavy atom. The Hall–Kier alpha value is -4.87. The molecule has 0 aliphatic heterocycles. The molecular formula is C27H24F3N7O2. The first-order valence-corrected chi connectivity index (χ1v) is 12.0. The number of alkyl halides is 3. The second kappa shape index (κ2) is 10.9. The van der Waals surface area contributed by atoms with Crippen LogP contribution in [0.1, 0.15) is 22.5 Å². The lowest BCUT2D eigenvalue weighted by Gasteiger charge is -2.10. The van der Waals surface area contributed by atoms with Gasteiger partial charge in [-0.25, -0.2) is 9.97 Å². The zero-order chi connectivity index (χ0) is 27.4. The predicted octanol–water partition coefficient (Wildman–Crippen LogP) is 5.54. The van der Waals surface area contributed by atoms with Crippen molar-refractivity contribution in [2.45, 2.75) is 19.1 Å². The van der Waals surface area contributed by atoms with E-state index in [1.165, 1.54) is 12.3 Å². The average Bonchev–Trinajstić information content (AvgIpc) is 3.54. The third kappa shape index (κ3) is 6.17. The highest BCUT2D eigenvalue weighted by molar-refractivity contribution is 5.92. The molecule has 3 aromatic heterocycles. The first-order valence-electron chi connectivity index (χ1n) is 12.0. The summed E-state index contributed by atoms with van der Waals surface area (Å²) in [5.41, 5.74) is 1.07. The number of amides is 1. The molecule has 0 radical (unpaired) electrons. The molecule has 0 fully saturated rings. The number of nitrogens with zero attached hydrogens (tertiary/aromatic N) is 5. The molecule has 2 N–H and O–H groups in total. The summed E-state index contributed by atoms with van der Waals surface area (Å²) in [6.07, 6.45) is 3.08. The number of halogens is 3. The zero-order valence-electron chi connectivity index (χ0n) is 20.8. The fraction of sp³-hybridized carbons (Fsp3) is 0.185. The average molecular weight is 536 g/mol. The number of pyridine rings is 1. The minimum absolute atomic E-state index is 0.224. The van der Waals surface area contributed by atoms with E-state index in [1.807, 2.05) is 10.8 Å². The molecule has 0 spiro atoms. The normalized spacial score (nSPS) is 11.5. The molecule has 0 aliphatic carbocycles. The SMILES string of the molecule is Cn1c(Nc2cccc(C(F)(F)F)c2)nc2cc(Oc3ccnc(C(=O)NCCCn4ccnc4)c3)ccc21. The van der Waals surface area contributed by atoms with E-state index in [0.717, 1.165) is 30.6 Å². The molecule has 5 rings (SSSR count). The first kappa shape index (κ1) is 25.8. The maximum absolute atomic E-state index is 13.1. The Morgan fingerprint density at radius 1 is 1.05 bits per heavy atom. The van der Waals surface area contributed by atoms with Gasteiger partial charge in [-0.3, -0.25) is 9.78 Å². The zero-order valence-corrected chi connectivity index (χ0v) is 20.8. The van der Waals surface area contributed by atoms with Crippen LogP contribution in [-0.2, 0) is 19.8 Å². The van der Waals surface area contributed by atoms with Gasteiger partial charge in [0.25, 0.3) is 5.91 Å². The smallest absolute Gasteiger partial charge is 0.416 e. The molecule has 0 atom stereocenters. The van der Waals surface area contributed by atoms with Crippen molar-refractivity contribution in [3.05, 3.63) is 90.8 Å². The van der Waals surface area contributed by atoms with E-state index in [1.54, 1.807) is 60.5 Å².